The van der Waals surface area contributed by atoms with E-state index in [1.54, 1.807) is 38.2 Å². The third-order valence-corrected chi connectivity index (χ3v) is 3.75. The standard InChI is InChI=1S/C20H22N2O4/c1-14(20(25)22(3)18-7-5-4-6-8-18)26-19(24)13-16-9-11-17(12-10-16)21-15(2)23/h4-12,14H,13H2,1-3H3,(H,21,23)/t14-/m1/s1. The molecule has 6 nitrogen and oxygen atoms in total. The van der Waals surface area contributed by atoms with Crippen LogP contribution in [0.2, 0.25) is 0 Å². The fourth-order valence-electron chi connectivity index (χ4n) is 2.42. The molecule has 0 saturated carbocycles. The van der Waals surface area contributed by atoms with E-state index in [9.17, 15) is 14.4 Å². The van der Waals surface area contributed by atoms with Crippen molar-refractivity contribution in [2.24, 2.45) is 0 Å². The number of ether oxygens (including phenoxy) is 1. The molecule has 0 aliphatic heterocycles. The van der Waals surface area contributed by atoms with Crippen molar-refractivity contribution in [1.82, 2.24) is 0 Å². The zero-order valence-electron chi connectivity index (χ0n) is 15.1. The lowest BCUT2D eigenvalue weighted by Gasteiger charge is -2.21. The highest BCUT2D eigenvalue weighted by atomic mass is 16.5. The van der Waals surface area contributed by atoms with E-state index in [1.165, 1.54) is 11.8 Å². The third-order valence-electron chi connectivity index (χ3n) is 3.75. The maximum absolute atomic E-state index is 12.4. The van der Waals surface area contributed by atoms with Gasteiger partial charge in [-0.25, -0.2) is 0 Å². The van der Waals surface area contributed by atoms with Gasteiger partial charge in [0, 0.05) is 25.3 Å². The second kappa shape index (κ2) is 8.80. The predicted octanol–water partition coefficient (Wildman–Crippen LogP) is 2.78. The minimum absolute atomic E-state index is 0.0486. The number of carbonyl (C=O) groups excluding carboxylic acids is 3. The Hall–Kier alpha value is -3.15. The zero-order chi connectivity index (χ0) is 19.1. The summed E-state index contributed by atoms with van der Waals surface area (Å²) in [4.78, 5) is 36.9. The monoisotopic (exact) mass is 354 g/mol. The van der Waals surface area contributed by atoms with E-state index < -0.39 is 12.1 Å². The summed E-state index contributed by atoms with van der Waals surface area (Å²) >= 11 is 0. The lowest BCUT2D eigenvalue weighted by Crippen LogP contribution is -2.37. The number of carbonyl (C=O) groups is 3. The summed E-state index contributed by atoms with van der Waals surface area (Å²) in [5.41, 5.74) is 2.12. The molecule has 0 bridgehead atoms. The number of nitrogens with one attached hydrogen (secondary N) is 1. The van der Waals surface area contributed by atoms with Crippen molar-refractivity contribution in [2.45, 2.75) is 26.4 Å². The average Bonchev–Trinajstić information content (AvgIpc) is 2.62. The largest absolute Gasteiger partial charge is 0.452 e. The van der Waals surface area contributed by atoms with E-state index in [1.807, 2.05) is 30.3 Å². The van der Waals surface area contributed by atoms with Gasteiger partial charge in [-0.1, -0.05) is 30.3 Å². The number of benzene rings is 2. The molecule has 0 radical (unpaired) electrons. The predicted molar refractivity (Wildman–Crippen MR) is 99.9 cm³/mol. The summed E-state index contributed by atoms with van der Waals surface area (Å²) in [7, 11) is 1.64. The van der Waals surface area contributed by atoms with Crippen LogP contribution in [0.5, 0.6) is 0 Å². The summed E-state index contributed by atoms with van der Waals surface area (Å²) in [6.07, 6.45) is -0.834. The topological polar surface area (TPSA) is 75.7 Å². The molecular formula is C20H22N2O4. The summed E-state index contributed by atoms with van der Waals surface area (Å²) in [5, 5.41) is 2.66. The number of nitrogens with zero attached hydrogens (tertiary/aromatic N) is 1. The van der Waals surface area contributed by atoms with Crippen LogP contribution in [0.1, 0.15) is 19.4 Å². The van der Waals surface area contributed by atoms with Crippen molar-refractivity contribution in [2.75, 3.05) is 17.3 Å². The fraction of sp³-hybridized carbons (Fsp3) is 0.250. The highest BCUT2D eigenvalue weighted by molar-refractivity contribution is 5.97. The van der Waals surface area contributed by atoms with Gasteiger partial charge in [0.1, 0.15) is 0 Å². The van der Waals surface area contributed by atoms with Crippen molar-refractivity contribution < 1.29 is 19.1 Å². The van der Waals surface area contributed by atoms with E-state index in [2.05, 4.69) is 5.32 Å². The van der Waals surface area contributed by atoms with Crippen LogP contribution in [0.4, 0.5) is 11.4 Å². The van der Waals surface area contributed by atoms with Gasteiger partial charge < -0.3 is 15.0 Å². The number of esters is 1. The van der Waals surface area contributed by atoms with Gasteiger partial charge in [-0.3, -0.25) is 14.4 Å². The zero-order valence-corrected chi connectivity index (χ0v) is 15.1. The van der Waals surface area contributed by atoms with E-state index in [4.69, 9.17) is 4.74 Å². The van der Waals surface area contributed by atoms with Gasteiger partial charge in [0.15, 0.2) is 6.10 Å². The van der Waals surface area contributed by atoms with Crippen LogP contribution in [0, 0.1) is 0 Å². The van der Waals surface area contributed by atoms with Crippen molar-refractivity contribution >= 4 is 29.2 Å². The molecule has 1 N–H and O–H groups in total. The Morgan fingerprint density at radius 2 is 1.65 bits per heavy atom. The number of amides is 2. The second-order valence-electron chi connectivity index (χ2n) is 5.92. The van der Waals surface area contributed by atoms with Gasteiger partial charge >= 0.3 is 5.97 Å². The molecule has 26 heavy (non-hydrogen) atoms. The first-order valence-corrected chi connectivity index (χ1v) is 8.25. The Morgan fingerprint density at radius 3 is 2.23 bits per heavy atom. The van der Waals surface area contributed by atoms with E-state index in [0.717, 1.165) is 11.3 Å². The van der Waals surface area contributed by atoms with Gasteiger partial charge in [-0.2, -0.15) is 0 Å². The third kappa shape index (κ3) is 5.44. The Kier molecular flexibility index (Phi) is 6.49. The molecule has 1 atom stereocenters. The normalized spacial score (nSPS) is 11.3. The van der Waals surface area contributed by atoms with Crippen LogP contribution >= 0.6 is 0 Å². The number of likely N-dealkylation sites (N-methyl/N-ethyl adjacent to an activating group) is 1. The van der Waals surface area contributed by atoms with Crippen LogP contribution in [0.3, 0.4) is 0 Å². The molecule has 0 fully saturated rings. The van der Waals surface area contributed by atoms with E-state index in [0.29, 0.717) is 5.69 Å². The van der Waals surface area contributed by atoms with Crippen LogP contribution in [-0.2, 0) is 25.5 Å². The smallest absolute Gasteiger partial charge is 0.311 e. The Labute approximate surface area is 152 Å². The van der Waals surface area contributed by atoms with Crippen LogP contribution in [0.15, 0.2) is 54.6 Å². The average molecular weight is 354 g/mol. The van der Waals surface area contributed by atoms with Crippen molar-refractivity contribution in [3.8, 4) is 0 Å². The van der Waals surface area contributed by atoms with Gasteiger partial charge in [0.05, 0.1) is 6.42 Å². The summed E-state index contributed by atoms with van der Waals surface area (Å²) in [6.45, 7) is 2.98. The maximum Gasteiger partial charge on any atom is 0.311 e. The molecule has 2 amide bonds. The number of hydrogen-bond donors (Lipinski definition) is 1. The number of hydrogen-bond acceptors (Lipinski definition) is 4. The summed E-state index contributed by atoms with van der Waals surface area (Å²) in [6, 6.07) is 16.0. The molecule has 2 aromatic rings. The number of para-hydroxylation sites is 1. The first-order valence-electron chi connectivity index (χ1n) is 8.25. The first-order chi connectivity index (χ1) is 12.4. The molecule has 0 aromatic heterocycles. The quantitative estimate of drug-likeness (QED) is 0.810. The van der Waals surface area contributed by atoms with Crippen molar-refractivity contribution in [1.29, 1.82) is 0 Å². The fourth-order valence-corrected chi connectivity index (χ4v) is 2.42. The molecule has 0 aliphatic rings. The minimum atomic E-state index is -0.883. The van der Waals surface area contributed by atoms with Gasteiger partial charge in [0.25, 0.3) is 5.91 Å². The Balaban J connectivity index is 1.90. The highest BCUT2D eigenvalue weighted by Crippen LogP contribution is 2.14. The second-order valence-corrected chi connectivity index (χ2v) is 5.92. The SMILES string of the molecule is CC(=O)Nc1ccc(CC(=O)O[C@H](C)C(=O)N(C)c2ccccc2)cc1. The van der Waals surface area contributed by atoms with Crippen LogP contribution in [0.25, 0.3) is 0 Å². The molecule has 2 aromatic carbocycles. The van der Waals surface area contributed by atoms with Gasteiger partial charge in [-0.05, 0) is 36.8 Å². The minimum Gasteiger partial charge on any atom is -0.452 e. The van der Waals surface area contributed by atoms with E-state index >= 15 is 0 Å². The van der Waals surface area contributed by atoms with E-state index in [-0.39, 0.29) is 18.2 Å². The first kappa shape index (κ1) is 19.2. The molecule has 0 unspecified atom stereocenters. The van der Waals surface area contributed by atoms with Crippen LogP contribution < -0.4 is 10.2 Å². The lowest BCUT2D eigenvalue weighted by molar-refractivity contribution is -0.153. The molecule has 6 heteroatoms. The number of rotatable bonds is 6. The molecule has 0 saturated heterocycles. The summed E-state index contributed by atoms with van der Waals surface area (Å²) in [5.74, 6) is -0.947. The molecule has 0 heterocycles. The molecule has 2 rings (SSSR count). The maximum atomic E-state index is 12.4. The Bertz CT molecular complexity index is 772. The highest BCUT2D eigenvalue weighted by Gasteiger charge is 2.22. The molecular weight excluding hydrogens is 332 g/mol. The van der Waals surface area contributed by atoms with Crippen molar-refractivity contribution in [3.05, 3.63) is 60.2 Å². The number of anilines is 2. The van der Waals surface area contributed by atoms with Crippen LogP contribution in [-0.4, -0.2) is 30.9 Å². The molecule has 0 spiro atoms. The van der Waals surface area contributed by atoms with Crippen molar-refractivity contribution in [3.63, 3.8) is 0 Å². The summed E-state index contributed by atoms with van der Waals surface area (Å²) < 4.78 is 5.25. The van der Waals surface area contributed by atoms with Gasteiger partial charge in [0.2, 0.25) is 5.91 Å². The Morgan fingerprint density at radius 1 is 1.04 bits per heavy atom. The van der Waals surface area contributed by atoms with Gasteiger partial charge in [-0.15, -0.1) is 0 Å². The lowest BCUT2D eigenvalue weighted by atomic mass is 10.1. The molecule has 0 aliphatic carbocycles. The molecule has 136 valence electrons.